The number of halogens is 1. The highest BCUT2D eigenvalue weighted by molar-refractivity contribution is 6.30. The number of carbonyl (C=O) groups is 1. The number of methoxy groups -OCH3 is 1. The van der Waals surface area contributed by atoms with Crippen LogP contribution in [0.4, 0.5) is 4.79 Å². The molecule has 0 aromatic heterocycles. The highest BCUT2D eigenvalue weighted by Gasteiger charge is 2.27. The first-order valence-corrected chi connectivity index (χ1v) is 8.78. The van der Waals surface area contributed by atoms with Crippen LogP contribution in [0.3, 0.4) is 0 Å². The van der Waals surface area contributed by atoms with Gasteiger partial charge in [-0.2, -0.15) is 0 Å². The molecule has 2 rings (SSSR count). The molecule has 0 aliphatic heterocycles. The Kier molecular flexibility index (Phi) is 7.29. The minimum Gasteiger partial charge on any atom is -0.372 e. The zero-order chi connectivity index (χ0) is 18.1. The number of urea groups is 1. The molecule has 25 heavy (non-hydrogen) atoms. The van der Waals surface area contributed by atoms with Crippen LogP contribution in [0.1, 0.15) is 24.5 Å². The van der Waals surface area contributed by atoms with Crippen molar-refractivity contribution in [1.82, 2.24) is 10.6 Å². The predicted octanol–water partition coefficient (Wildman–Crippen LogP) is 4.13. The summed E-state index contributed by atoms with van der Waals surface area (Å²) in [6.07, 6.45) is 1.84. The quantitative estimate of drug-likeness (QED) is 0.695. The van der Waals surface area contributed by atoms with Crippen LogP contribution >= 0.6 is 11.6 Å². The normalized spacial score (nSPS) is 13.1. The van der Waals surface area contributed by atoms with Crippen molar-refractivity contribution in [3.63, 3.8) is 0 Å². The Hall–Kier alpha value is -2.04. The van der Waals surface area contributed by atoms with Crippen LogP contribution in [-0.2, 0) is 16.8 Å². The second kappa shape index (κ2) is 9.44. The van der Waals surface area contributed by atoms with E-state index in [-0.39, 0.29) is 6.03 Å². The lowest BCUT2D eigenvalue weighted by Crippen LogP contribution is -2.44. The van der Waals surface area contributed by atoms with Crippen molar-refractivity contribution in [3.05, 3.63) is 70.7 Å². The lowest BCUT2D eigenvalue weighted by atomic mass is 9.96. The summed E-state index contributed by atoms with van der Waals surface area (Å²) in [6, 6.07) is 17.5. The summed E-state index contributed by atoms with van der Waals surface area (Å²) in [5, 5.41) is 6.40. The summed E-state index contributed by atoms with van der Waals surface area (Å²) >= 11 is 6.05. The molecular formula is C20H25ClN2O2. The largest absolute Gasteiger partial charge is 0.372 e. The van der Waals surface area contributed by atoms with E-state index in [4.69, 9.17) is 16.3 Å². The molecular weight excluding hydrogens is 336 g/mol. The molecule has 0 saturated carbocycles. The highest BCUT2D eigenvalue weighted by Crippen LogP contribution is 2.26. The lowest BCUT2D eigenvalue weighted by molar-refractivity contribution is 0.00489. The zero-order valence-electron chi connectivity index (χ0n) is 14.7. The maximum Gasteiger partial charge on any atom is 0.314 e. The van der Waals surface area contributed by atoms with Crippen molar-refractivity contribution in [3.8, 4) is 0 Å². The molecule has 0 fully saturated rings. The average molecular weight is 361 g/mol. The fourth-order valence-electron chi connectivity index (χ4n) is 2.56. The Morgan fingerprint density at radius 1 is 1.12 bits per heavy atom. The van der Waals surface area contributed by atoms with E-state index in [0.717, 1.165) is 18.4 Å². The van der Waals surface area contributed by atoms with E-state index in [1.54, 1.807) is 7.11 Å². The van der Waals surface area contributed by atoms with E-state index in [9.17, 15) is 4.79 Å². The monoisotopic (exact) mass is 360 g/mol. The molecule has 2 amide bonds. The molecule has 0 spiro atoms. The molecule has 4 nitrogen and oxygen atoms in total. The molecule has 0 bridgehead atoms. The SMILES string of the molecule is CO[C@](C)(CNC(=O)NCCCc1ccccc1)c1cccc(Cl)c1. The van der Waals surface area contributed by atoms with Gasteiger partial charge in [0.05, 0.1) is 6.54 Å². The number of nitrogens with one attached hydrogen (secondary N) is 2. The smallest absolute Gasteiger partial charge is 0.314 e. The van der Waals surface area contributed by atoms with Gasteiger partial charge in [0.25, 0.3) is 0 Å². The molecule has 2 aromatic carbocycles. The summed E-state index contributed by atoms with van der Waals surface area (Å²) in [5.41, 5.74) is 1.57. The number of aryl methyl sites for hydroxylation is 1. The average Bonchev–Trinajstić information content (AvgIpc) is 2.64. The Bertz CT molecular complexity index is 678. The van der Waals surface area contributed by atoms with Crippen LogP contribution in [0, 0.1) is 0 Å². The van der Waals surface area contributed by atoms with Crippen LogP contribution in [0.5, 0.6) is 0 Å². The summed E-state index contributed by atoms with van der Waals surface area (Å²) < 4.78 is 5.61. The third-order valence-corrected chi connectivity index (χ3v) is 4.48. The molecule has 0 aliphatic carbocycles. The molecule has 0 radical (unpaired) electrons. The van der Waals surface area contributed by atoms with Crippen molar-refractivity contribution in [2.75, 3.05) is 20.2 Å². The second-order valence-electron chi connectivity index (χ2n) is 6.14. The van der Waals surface area contributed by atoms with Gasteiger partial charge < -0.3 is 15.4 Å². The second-order valence-corrected chi connectivity index (χ2v) is 6.58. The number of carbonyl (C=O) groups excluding carboxylic acids is 1. The minimum absolute atomic E-state index is 0.196. The van der Waals surface area contributed by atoms with E-state index in [1.807, 2.05) is 49.4 Å². The van der Waals surface area contributed by atoms with Crippen LogP contribution in [0.2, 0.25) is 5.02 Å². The van der Waals surface area contributed by atoms with Crippen LogP contribution in [0.15, 0.2) is 54.6 Å². The standard InChI is InChI=1S/C20H25ClN2O2/c1-20(25-2,17-11-6-12-18(21)14-17)15-23-19(24)22-13-7-10-16-8-4-3-5-9-16/h3-6,8-9,11-12,14H,7,10,13,15H2,1-2H3,(H2,22,23,24)/t20-/m1/s1. The molecule has 0 heterocycles. The molecule has 134 valence electrons. The summed E-state index contributed by atoms with van der Waals surface area (Å²) in [7, 11) is 1.63. The van der Waals surface area contributed by atoms with Gasteiger partial charge in [-0.05, 0) is 43.0 Å². The number of amides is 2. The molecule has 5 heteroatoms. The topological polar surface area (TPSA) is 50.4 Å². The van der Waals surface area contributed by atoms with E-state index in [0.29, 0.717) is 18.1 Å². The van der Waals surface area contributed by atoms with E-state index in [2.05, 4.69) is 22.8 Å². The van der Waals surface area contributed by atoms with Gasteiger partial charge in [-0.1, -0.05) is 54.1 Å². The van der Waals surface area contributed by atoms with Crippen LogP contribution in [-0.4, -0.2) is 26.2 Å². The molecule has 0 aliphatic rings. The fraction of sp³-hybridized carbons (Fsp3) is 0.350. The number of rotatable bonds is 8. The molecule has 2 N–H and O–H groups in total. The number of hydrogen-bond donors (Lipinski definition) is 2. The van der Waals surface area contributed by atoms with E-state index >= 15 is 0 Å². The lowest BCUT2D eigenvalue weighted by Gasteiger charge is -2.29. The van der Waals surface area contributed by atoms with Crippen molar-refractivity contribution in [1.29, 1.82) is 0 Å². The summed E-state index contributed by atoms with van der Waals surface area (Å²) in [4.78, 5) is 12.0. The number of hydrogen-bond acceptors (Lipinski definition) is 2. The fourth-order valence-corrected chi connectivity index (χ4v) is 2.75. The van der Waals surface area contributed by atoms with Crippen molar-refractivity contribution in [2.45, 2.75) is 25.4 Å². The van der Waals surface area contributed by atoms with Crippen molar-refractivity contribution < 1.29 is 9.53 Å². The summed E-state index contributed by atoms with van der Waals surface area (Å²) in [6.45, 7) is 2.91. The molecule has 1 atom stereocenters. The van der Waals surface area contributed by atoms with Gasteiger partial charge in [0.15, 0.2) is 0 Å². The first-order valence-electron chi connectivity index (χ1n) is 8.40. The van der Waals surface area contributed by atoms with Crippen molar-refractivity contribution in [2.24, 2.45) is 0 Å². The number of ether oxygens (including phenoxy) is 1. The van der Waals surface area contributed by atoms with E-state index < -0.39 is 5.60 Å². The Morgan fingerprint density at radius 2 is 1.88 bits per heavy atom. The van der Waals surface area contributed by atoms with Gasteiger partial charge in [-0.25, -0.2) is 4.79 Å². The Balaban J connectivity index is 1.76. The predicted molar refractivity (Wildman–Crippen MR) is 102 cm³/mol. The number of benzene rings is 2. The first-order chi connectivity index (χ1) is 12.0. The molecule has 2 aromatic rings. The van der Waals surface area contributed by atoms with Gasteiger partial charge >= 0.3 is 6.03 Å². The molecule has 0 unspecified atom stereocenters. The maximum atomic E-state index is 12.0. The zero-order valence-corrected chi connectivity index (χ0v) is 15.5. The van der Waals surface area contributed by atoms with Crippen molar-refractivity contribution >= 4 is 17.6 Å². The third-order valence-electron chi connectivity index (χ3n) is 4.24. The van der Waals surface area contributed by atoms with Gasteiger partial charge in [0, 0.05) is 18.7 Å². The Morgan fingerprint density at radius 3 is 2.56 bits per heavy atom. The van der Waals surface area contributed by atoms with Crippen LogP contribution in [0.25, 0.3) is 0 Å². The maximum absolute atomic E-state index is 12.0. The first kappa shape index (κ1) is 19.3. The van der Waals surface area contributed by atoms with Crippen LogP contribution < -0.4 is 10.6 Å². The highest BCUT2D eigenvalue weighted by atomic mass is 35.5. The van der Waals surface area contributed by atoms with Gasteiger partial charge in [0.2, 0.25) is 0 Å². The van der Waals surface area contributed by atoms with Gasteiger partial charge in [0.1, 0.15) is 5.60 Å². The Labute approximate surface area is 154 Å². The van der Waals surface area contributed by atoms with Gasteiger partial charge in [-0.3, -0.25) is 0 Å². The van der Waals surface area contributed by atoms with Gasteiger partial charge in [-0.15, -0.1) is 0 Å². The summed E-state index contributed by atoms with van der Waals surface area (Å²) in [5.74, 6) is 0. The van der Waals surface area contributed by atoms with E-state index in [1.165, 1.54) is 5.56 Å². The minimum atomic E-state index is -0.633. The molecule has 0 saturated heterocycles. The third kappa shape index (κ3) is 6.07.